The first-order chi connectivity index (χ1) is 12.2. The van der Waals surface area contributed by atoms with Crippen molar-refractivity contribution in [2.45, 2.75) is 25.3 Å². The Labute approximate surface area is 147 Å². The topological polar surface area (TPSA) is 64.6 Å². The summed E-state index contributed by atoms with van der Waals surface area (Å²) in [4.78, 5) is 24.2. The molecule has 0 heterocycles. The molecule has 1 amide bonds. The van der Waals surface area contributed by atoms with Gasteiger partial charge in [0.05, 0.1) is 18.7 Å². The van der Waals surface area contributed by atoms with E-state index in [1.165, 1.54) is 12.7 Å². The number of amides is 1. The lowest BCUT2D eigenvalue weighted by Gasteiger charge is -2.26. The van der Waals surface area contributed by atoms with E-state index in [4.69, 9.17) is 9.47 Å². The minimum Gasteiger partial charge on any atom is -0.497 e. The zero-order valence-electron chi connectivity index (χ0n) is 14.2. The molecule has 0 saturated carbocycles. The van der Waals surface area contributed by atoms with Crippen LogP contribution in [0.25, 0.3) is 0 Å². The number of carbonyl (C=O) groups is 2. The maximum absolute atomic E-state index is 12.2. The molecule has 0 aliphatic heterocycles. The van der Waals surface area contributed by atoms with Crippen molar-refractivity contribution < 1.29 is 19.1 Å². The van der Waals surface area contributed by atoms with Gasteiger partial charge in [-0.25, -0.2) is 4.79 Å². The maximum atomic E-state index is 12.2. The Balaban J connectivity index is 1.56. The summed E-state index contributed by atoms with van der Waals surface area (Å²) in [6.07, 6.45) is 2.96. The second-order valence-electron chi connectivity index (χ2n) is 6.02. The van der Waals surface area contributed by atoms with E-state index in [1.807, 2.05) is 18.2 Å². The van der Waals surface area contributed by atoms with Gasteiger partial charge in [0.1, 0.15) is 5.75 Å². The number of fused-ring (bicyclic) bond motifs is 1. The molecule has 2 aromatic carbocycles. The van der Waals surface area contributed by atoms with Crippen molar-refractivity contribution >= 4 is 11.9 Å². The number of hydrogen-bond acceptors (Lipinski definition) is 4. The molecular formula is C20H21NO4. The van der Waals surface area contributed by atoms with Crippen molar-refractivity contribution in [2.24, 2.45) is 0 Å². The predicted octanol–water partition coefficient (Wildman–Crippen LogP) is 3.05. The van der Waals surface area contributed by atoms with E-state index >= 15 is 0 Å². The van der Waals surface area contributed by atoms with Crippen LogP contribution in [0.1, 0.15) is 40.4 Å². The number of rotatable bonds is 5. The molecule has 0 unspecified atom stereocenters. The molecule has 1 aliphatic rings. The molecule has 0 spiro atoms. The first-order valence-electron chi connectivity index (χ1n) is 8.35. The number of aryl methyl sites for hydroxylation is 1. The summed E-state index contributed by atoms with van der Waals surface area (Å²) in [6.45, 7) is -0.297. The van der Waals surface area contributed by atoms with Crippen LogP contribution in [0, 0.1) is 0 Å². The Morgan fingerprint density at radius 2 is 2.00 bits per heavy atom. The van der Waals surface area contributed by atoms with Gasteiger partial charge in [0.15, 0.2) is 6.61 Å². The zero-order chi connectivity index (χ0) is 17.6. The molecule has 0 saturated heterocycles. The van der Waals surface area contributed by atoms with Crippen molar-refractivity contribution in [3.63, 3.8) is 0 Å². The highest BCUT2D eigenvalue weighted by Crippen LogP contribution is 2.29. The van der Waals surface area contributed by atoms with Crippen LogP contribution >= 0.6 is 0 Å². The lowest BCUT2D eigenvalue weighted by Crippen LogP contribution is -2.34. The SMILES string of the molecule is COc1cccc(C(=O)OCC(=O)N[C@@H]2CCCc3ccccc32)c1. The average Bonchev–Trinajstić information content (AvgIpc) is 2.66. The van der Waals surface area contributed by atoms with E-state index in [0.717, 1.165) is 24.8 Å². The number of nitrogens with one attached hydrogen (secondary N) is 1. The molecule has 25 heavy (non-hydrogen) atoms. The minimum atomic E-state index is -0.543. The van der Waals surface area contributed by atoms with E-state index in [2.05, 4.69) is 11.4 Å². The van der Waals surface area contributed by atoms with Crippen LogP contribution in [0.5, 0.6) is 5.75 Å². The van der Waals surface area contributed by atoms with Gasteiger partial charge in [0, 0.05) is 0 Å². The summed E-state index contributed by atoms with van der Waals surface area (Å²) in [5, 5.41) is 2.96. The van der Waals surface area contributed by atoms with E-state index in [9.17, 15) is 9.59 Å². The van der Waals surface area contributed by atoms with E-state index < -0.39 is 5.97 Å². The highest BCUT2D eigenvalue weighted by molar-refractivity contribution is 5.91. The van der Waals surface area contributed by atoms with Gasteiger partial charge in [-0.3, -0.25) is 4.79 Å². The quantitative estimate of drug-likeness (QED) is 0.851. The maximum Gasteiger partial charge on any atom is 0.338 e. The molecule has 0 aromatic heterocycles. The van der Waals surface area contributed by atoms with Crippen molar-refractivity contribution in [1.29, 1.82) is 0 Å². The molecule has 0 bridgehead atoms. The van der Waals surface area contributed by atoms with Gasteiger partial charge < -0.3 is 14.8 Å². The van der Waals surface area contributed by atoms with Gasteiger partial charge in [-0.2, -0.15) is 0 Å². The third-order valence-electron chi connectivity index (χ3n) is 4.34. The molecule has 2 aromatic rings. The zero-order valence-corrected chi connectivity index (χ0v) is 14.2. The summed E-state index contributed by atoms with van der Waals surface area (Å²) < 4.78 is 10.2. The summed E-state index contributed by atoms with van der Waals surface area (Å²) in [5.74, 6) is -0.270. The number of carbonyl (C=O) groups excluding carboxylic acids is 2. The standard InChI is InChI=1S/C20H21NO4/c1-24-16-9-4-8-15(12-16)20(23)25-13-19(22)21-18-11-5-7-14-6-2-3-10-17(14)18/h2-4,6,8-10,12,18H,5,7,11,13H2,1H3,(H,21,22)/t18-/m1/s1. The Hall–Kier alpha value is -2.82. The first kappa shape index (κ1) is 17.0. The van der Waals surface area contributed by atoms with Gasteiger partial charge in [-0.1, -0.05) is 30.3 Å². The number of benzene rings is 2. The second-order valence-corrected chi connectivity index (χ2v) is 6.02. The number of ether oxygens (including phenoxy) is 2. The van der Waals surface area contributed by atoms with Gasteiger partial charge in [-0.05, 0) is 48.6 Å². The third-order valence-corrected chi connectivity index (χ3v) is 4.34. The fraction of sp³-hybridized carbons (Fsp3) is 0.300. The second kappa shape index (κ2) is 7.83. The molecule has 5 nitrogen and oxygen atoms in total. The van der Waals surface area contributed by atoms with Crippen LogP contribution in [0.4, 0.5) is 0 Å². The average molecular weight is 339 g/mol. The molecular weight excluding hydrogens is 318 g/mol. The number of hydrogen-bond donors (Lipinski definition) is 1. The summed E-state index contributed by atoms with van der Waals surface area (Å²) >= 11 is 0. The van der Waals surface area contributed by atoms with Gasteiger partial charge in [-0.15, -0.1) is 0 Å². The van der Waals surface area contributed by atoms with Crippen LogP contribution in [0.2, 0.25) is 0 Å². The Kier molecular flexibility index (Phi) is 5.33. The van der Waals surface area contributed by atoms with Crippen molar-refractivity contribution in [1.82, 2.24) is 5.32 Å². The van der Waals surface area contributed by atoms with E-state index in [0.29, 0.717) is 11.3 Å². The lowest BCUT2D eigenvalue weighted by atomic mass is 9.88. The largest absolute Gasteiger partial charge is 0.497 e. The van der Waals surface area contributed by atoms with Gasteiger partial charge in [0.25, 0.3) is 5.91 Å². The monoisotopic (exact) mass is 339 g/mol. The highest BCUT2D eigenvalue weighted by atomic mass is 16.5. The molecule has 130 valence electrons. The van der Waals surface area contributed by atoms with Gasteiger partial charge in [0.2, 0.25) is 0 Å². The molecule has 5 heteroatoms. The molecule has 3 rings (SSSR count). The molecule has 1 N–H and O–H groups in total. The summed E-state index contributed by atoms with van der Waals surface area (Å²) in [5.41, 5.74) is 2.78. The van der Waals surface area contributed by atoms with E-state index in [-0.39, 0.29) is 18.6 Å². The van der Waals surface area contributed by atoms with Gasteiger partial charge >= 0.3 is 5.97 Å². The van der Waals surface area contributed by atoms with Crippen molar-refractivity contribution in [2.75, 3.05) is 13.7 Å². The Morgan fingerprint density at radius 1 is 1.16 bits per heavy atom. The molecule has 0 fully saturated rings. The lowest BCUT2D eigenvalue weighted by molar-refractivity contribution is -0.125. The van der Waals surface area contributed by atoms with Crippen LogP contribution in [0.3, 0.4) is 0 Å². The van der Waals surface area contributed by atoms with Crippen molar-refractivity contribution in [3.05, 3.63) is 65.2 Å². The van der Waals surface area contributed by atoms with Crippen LogP contribution < -0.4 is 10.1 Å². The first-order valence-corrected chi connectivity index (χ1v) is 8.35. The fourth-order valence-corrected chi connectivity index (χ4v) is 3.10. The number of esters is 1. The Bertz CT molecular complexity index is 772. The van der Waals surface area contributed by atoms with Crippen molar-refractivity contribution in [3.8, 4) is 5.75 Å². The molecule has 0 radical (unpaired) electrons. The van der Waals surface area contributed by atoms with Crippen LogP contribution in [-0.2, 0) is 16.0 Å². The third kappa shape index (κ3) is 4.18. The highest BCUT2D eigenvalue weighted by Gasteiger charge is 2.22. The fourth-order valence-electron chi connectivity index (χ4n) is 3.10. The van der Waals surface area contributed by atoms with E-state index in [1.54, 1.807) is 24.3 Å². The molecule has 1 aliphatic carbocycles. The normalized spacial score (nSPS) is 15.8. The molecule has 1 atom stereocenters. The summed E-state index contributed by atoms with van der Waals surface area (Å²) in [6, 6.07) is 14.8. The predicted molar refractivity (Wildman–Crippen MR) is 93.5 cm³/mol. The minimum absolute atomic E-state index is 0.0204. The number of methoxy groups -OCH3 is 1. The van der Waals surface area contributed by atoms with Crippen LogP contribution in [-0.4, -0.2) is 25.6 Å². The summed E-state index contributed by atoms with van der Waals surface area (Å²) in [7, 11) is 1.53. The van der Waals surface area contributed by atoms with Crippen LogP contribution in [0.15, 0.2) is 48.5 Å². The Morgan fingerprint density at radius 3 is 2.84 bits per heavy atom. The smallest absolute Gasteiger partial charge is 0.338 e.